The molecular weight excluding hydrogens is 188 g/mol. The molecule has 70 valence electrons. The molecule has 1 aromatic rings. The second-order valence-electron chi connectivity index (χ2n) is 2.42. The van der Waals surface area contributed by atoms with Crippen molar-refractivity contribution in [2.75, 3.05) is 6.54 Å². The monoisotopic (exact) mass is 198 g/mol. The van der Waals surface area contributed by atoms with E-state index in [1.807, 2.05) is 24.3 Å². The van der Waals surface area contributed by atoms with Crippen molar-refractivity contribution in [1.29, 1.82) is 0 Å². The van der Waals surface area contributed by atoms with Crippen molar-refractivity contribution < 1.29 is 4.84 Å². The molecule has 0 heterocycles. The minimum Gasteiger partial charge on any atom is -0.391 e. The molecule has 0 saturated heterocycles. The lowest BCUT2D eigenvalue weighted by molar-refractivity contribution is 0.131. The van der Waals surface area contributed by atoms with Gasteiger partial charge >= 0.3 is 0 Å². The van der Waals surface area contributed by atoms with Gasteiger partial charge in [-0.2, -0.15) is 0 Å². The molecular formula is C9H11ClN2O. The molecule has 0 aliphatic carbocycles. The van der Waals surface area contributed by atoms with E-state index >= 15 is 0 Å². The Bertz CT molecular complexity index is 271. The summed E-state index contributed by atoms with van der Waals surface area (Å²) in [5, 5.41) is 4.34. The van der Waals surface area contributed by atoms with Gasteiger partial charge in [-0.3, -0.25) is 0 Å². The largest absolute Gasteiger partial charge is 0.391 e. The van der Waals surface area contributed by atoms with Gasteiger partial charge in [0.05, 0.1) is 6.21 Å². The van der Waals surface area contributed by atoms with Crippen molar-refractivity contribution in [3.8, 4) is 0 Å². The minimum atomic E-state index is 0.390. The highest BCUT2D eigenvalue weighted by atomic mass is 35.5. The van der Waals surface area contributed by atoms with Gasteiger partial charge in [0.25, 0.3) is 0 Å². The van der Waals surface area contributed by atoms with E-state index < -0.39 is 0 Å². The van der Waals surface area contributed by atoms with Gasteiger partial charge in [0.15, 0.2) is 0 Å². The minimum absolute atomic E-state index is 0.390. The number of nitrogens with zero attached hydrogens (tertiary/aromatic N) is 1. The number of hydrogen-bond donors (Lipinski definition) is 1. The maximum absolute atomic E-state index is 5.71. The Kier molecular flexibility index (Phi) is 4.29. The fourth-order valence-corrected chi connectivity index (χ4v) is 0.914. The predicted molar refractivity (Wildman–Crippen MR) is 53.8 cm³/mol. The van der Waals surface area contributed by atoms with Crippen molar-refractivity contribution in [2.45, 2.75) is 6.61 Å². The Morgan fingerprint density at radius 1 is 1.38 bits per heavy atom. The number of nitrogens with two attached hydrogens (primary N) is 1. The molecule has 0 aromatic heterocycles. The first kappa shape index (κ1) is 10.0. The van der Waals surface area contributed by atoms with Crippen LogP contribution < -0.4 is 5.73 Å². The Balaban J connectivity index is 2.37. The van der Waals surface area contributed by atoms with Gasteiger partial charge in [-0.05, 0) is 17.7 Å². The zero-order valence-corrected chi connectivity index (χ0v) is 7.87. The summed E-state index contributed by atoms with van der Waals surface area (Å²) in [5.74, 6) is 0. The number of hydrogen-bond acceptors (Lipinski definition) is 3. The van der Waals surface area contributed by atoms with E-state index in [0.29, 0.717) is 18.2 Å². The zero-order valence-electron chi connectivity index (χ0n) is 7.11. The average Bonchev–Trinajstić information content (AvgIpc) is 2.15. The first-order chi connectivity index (χ1) is 6.33. The van der Waals surface area contributed by atoms with Gasteiger partial charge in [0, 0.05) is 11.6 Å². The van der Waals surface area contributed by atoms with Gasteiger partial charge in [-0.15, -0.1) is 0 Å². The fourth-order valence-electron chi connectivity index (χ4n) is 0.788. The molecule has 0 bridgehead atoms. The van der Waals surface area contributed by atoms with E-state index in [2.05, 4.69) is 5.16 Å². The lowest BCUT2D eigenvalue weighted by Crippen LogP contribution is -1.99. The van der Waals surface area contributed by atoms with Crippen LogP contribution in [0.4, 0.5) is 0 Å². The summed E-state index contributed by atoms with van der Waals surface area (Å²) >= 11 is 5.71. The van der Waals surface area contributed by atoms with Crippen LogP contribution in [0.25, 0.3) is 0 Å². The van der Waals surface area contributed by atoms with Crippen LogP contribution in [0, 0.1) is 0 Å². The normalized spacial score (nSPS) is 10.6. The van der Waals surface area contributed by atoms with Crippen LogP contribution in [0.5, 0.6) is 0 Å². The zero-order chi connectivity index (χ0) is 9.52. The quantitative estimate of drug-likeness (QED) is 0.593. The maximum Gasteiger partial charge on any atom is 0.142 e. The lowest BCUT2D eigenvalue weighted by atomic mass is 10.2. The Morgan fingerprint density at radius 3 is 2.69 bits per heavy atom. The molecule has 0 saturated carbocycles. The van der Waals surface area contributed by atoms with E-state index in [1.165, 1.54) is 6.21 Å². The second-order valence-corrected chi connectivity index (χ2v) is 2.86. The Labute approximate surface area is 82.1 Å². The molecule has 0 aliphatic rings. The van der Waals surface area contributed by atoms with Crippen molar-refractivity contribution in [1.82, 2.24) is 0 Å². The smallest absolute Gasteiger partial charge is 0.142 e. The van der Waals surface area contributed by atoms with Crippen molar-refractivity contribution in [3.05, 3.63) is 34.9 Å². The number of oxime groups is 1. The Morgan fingerprint density at radius 2 is 2.08 bits per heavy atom. The highest BCUT2D eigenvalue weighted by Crippen LogP contribution is 2.09. The van der Waals surface area contributed by atoms with Crippen LogP contribution >= 0.6 is 11.6 Å². The highest BCUT2D eigenvalue weighted by Gasteiger charge is 1.91. The second kappa shape index (κ2) is 5.56. The third-order valence-corrected chi connectivity index (χ3v) is 1.65. The molecule has 3 nitrogen and oxygen atoms in total. The fraction of sp³-hybridized carbons (Fsp3) is 0.222. The molecule has 0 spiro atoms. The molecule has 1 rings (SSSR count). The van der Waals surface area contributed by atoms with Gasteiger partial charge < -0.3 is 10.6 Å². The molecule has 1 aromatic carbocycles. The third-order valence-electron chi connectivity index (χ3n) is 1.40. The van der Waals surface area contributed by atoms with Crippen molar-refractivity contribution >= 4 is 17.8 Å². The summed E-state index contributed by atoms with van der Waals surface area (Å²) < 4.78 is 0. The topological polar surface area (TPSA) is 47.6 Å². The first-order valence-corrected chi connectivity index (χ1v) is 4.29. The van der Waals surface area contributed by atoms with Crippen LogP contribution in [0.1, 0.15) is 5.56 Å². The van der Waals surface area contributed by atoms with Crippen LogP contribution in [-0.4, -0.2) is 12.8 Å². The average molecular weight is 199 g/mol. The first-order valence-electron chi connectivity index (χ1n) is 3.91. The van der Waals surface area contributed by atoms with E-state index in [4.69, 9.17) is 22.2 Å². The summed E-state index contributed by atoms with van der Waals surface area (Å²) in [6, 6.07) is 7.40. The summed E-state index contributed by atoms with van der Waals surface area (Å²) in [6.07, 6.45) is 1.51. The Hall–Kier alpha value is -1.06. The van der Waals surface area contributed by atoms with Gasteiger partial charge in [0.2, 0.25) is 0 Å². The molecule has 2 N–H and O–H groups in total. The van der Waals surface area contributed by atoms with E-state index in [9.17, 15) is 0 Å². The van der Waals surface area contributed by atoms with Crippen LogP contribution in [0.3, 0.4) is 0 Å². The van der Waals surface area contributed by atoms with Crippen molar-refractivity contribution in [3.63, 3.8) is 0 Å². The molecule has 0 fully saturated rings. The predicted octanol–water partition coefficient (Wildman–Crippen LogP) is 1.80. The van der Waals surface area contributed by atoms with Gasteiger partial charge in [0.1, 0.15) is 6.61 Å². The lowest BCUT2D eigenvalue weighted by Gasteiger charge is -1.98. The number of benzene rings is 1. The standard InChI is InChI=1S/C9H11ClN2O/c10-9-3-1-8(2-4-9)7-13-12-6-5-11/h1-4,6H,5,7,11H2. The molecule has 0 amide bonds. The van der Waals surface area contributed by atoms with Crippen LogP contribution in [0.15, 0.2) is 29.4 Å². The van der Waals surface area contributed by atoms with E-state index in [0.717, 1.165) is 5.56 Å². The molecule has 0 atom stereocenters. The summed E-state index contributed by atoms with van der Waals surface area (Å²) in [6.45, 7) is 0.828. The summed E-state index contributed by atoms with van der Waals surface area (Å²) in [4.78, 5) is 4.95. The number of halogens is 1. The van der Waals surface area contributed by atoms with Crippen molar-refractivity contribution in [2.24, 2.45) is 10.9 Å². The summed E-state index contributed by atoms with van der Waals surface area (Å²) in [5.41, 5.74) is 6.21. The van der Waals surface area contributed by atoms with E-state index in [-0.39, 0.29) is 0 Å². The van der Waals surface area contributed by atoms with Crippen LogP contribution in [-0.2, 0) is 11.4 Å². The van der Waals surface area contributed by atoms with Crippen LogP contribution in [0.2, 0.25) is 5.02 Å². The molecule has 13 heavy (non-hydrogen) atoms. The molecule has 0 radical (unpaired) electrons. The SMILES string of the molecule is NCC=NOCc1ccc(Cl)cc1. The highest BCUT2D eigenvalue weighted by molar-refractivity contribution is 6.30. The van der Waals surface area contributed by atoms with Gasteiger partial charge in [-0.25, -0.2) is 0 Å². The summed E-state index contributed by atoms with van der Waals surface area (Å²) in [7, 11) is 0. The van der Waals surface area contributed by atoms with Gasteiger partial charge in [-0.1, -0.05) is 28.9 Å². The third kappa shape index (κ3) is 3.92. The maximum atomic E-state index is 5.71. The van der Waals surface area contributed by atoms with E-state index in [1.54, 1.807) is 0 Å². The molecule has 0 unspecified atom stereocenters. The number of rotatable bonds is 4. The molecule has 4 heteroatoms. The molecule has 0 aliphatic heterocycles.